The summed E-state index contributed by atoms with van der Waals surface area (Å²) in [5.74, 6) is 1.99. The molecule has 6 heteroatoms. The fraction of sp³-hybridized carbons (Fsp3) is 0.867. The largest absolute Gasteiger partial charge is 0.402 e. The molecule has 21 heavy (non-hydrogen) atoms. The maximum Gasteiger partial charge on any atom is 0.402 e. The molecule has 1 aliphatic rings. The fourth-order valence-corrected chi connectivity index (χ4v) is 2.47. The number of alkyl halides is 3. The summed E-state index contributed by atoms with van der Waals surface area (Å²) in [5, 5.41) is 0. The predicted octanol–water partition coefficient (Wildman–Crippen LogP) is 4.80. The molecule has 0 aromatic rings. The van der Waals surface area contributed by atoms with E-state index in [1.807, 2.05) is 0 Å². The molecule has 0 aliphatic heterocycles. The molecule has 2 nitrogen and oxygen atoms in total. The van der Waals surface area contributed by atoms with Gasteiger partial charge >= 0.3 is 6.18 Å². The van der Waals surface area contributed by atoms with Gasteiger partial charge in [-0.15, -0.1) is 13.2 Å². The van der Waals surface area contributed by atoms with Crippen LogP contribution in [0.3, 0.4) is 0 Å². The third-order valence-electron chi connectivity index (χ3n) is 3.43. The Hall–Kier alpha value is -0.360. The molecule has 0 spiro atoms. The van der Waals surface area contributed by atoms with Crippen molar-refractivity contribution in [3.8, 4) is 0 Å². The third kappa shape index (κ3) is 14.3. The van der Waals surface area contributed by atoms with Crippen molar-refractivity contribution in [2.75, 3.05) is 19.8 Å². The molecule has 1 aliphatic carbocycles. The second kappa shape index (κ2) is 12.2. The van der Waals surface area contributed by atoms with Crippen LogP contribution in [0.25, 0.3) is 0 Å². The van der Waals surface area contributed by atoms with Crippen LogP contribution in [-0.4, -0.2) is 34.5 Å². The van der Waals surface area contributed by atoms with Crippen LogP contribution >= 0.6 is 0 Å². The maximum absolute atomic E-state index is 11.5. The normalized spacial score (nSPS) is 17.6. The number of hydrogen-bond acceptors (Lipinski definition) is 1. The number of rotatable bonds is 3. The first kappa shape index (κ1) is 22.9. The monoisotopic (exact) mass is 329 g/mol. The predicted molar refractivity (Wildman–Crippen MR) is 85.4 cm³/mol. The van der Waals surface area contributed by atoms with E-state index in [1.165, 1.54) is 38.4 Å². The minimum absolute atomic E-state index is 0.722. The van der Waals surface area contributed by atoms with E-state index in [0.29, 0.717) is 0 Å². The molecule has 0 saturated heterocycles. The van der Waals surface area contributed by atoms with Crippen molar-refractivity contribution in [1.82, 2.24) is 4.31 Å². The summed E-state index contributed by atoms with van der Waals surface area (Å²) in [5.41, 5.74) is 0. The van der Waals surface area contributed by atoms with Crippen LogP contribution in [0.15, 0.2) is 13.2 Å². The standard InChI is InChI=1S/C9H18.C4H8F3NOS.C2H4/c1-8(2)9-6-4-3-5-7-9;1-8(10(2)9)3-4(5,6)7;1-2/h8-9H,3-7H2,1-2H3;3H2,1-2H3;1-2H2. The van der Waals surface area contributed by atoms with Crippen LogP contribution in [0.4, 0.5) is 13.2 Å². The molecular weight excluding hydrogens is 299 g/mol. The Labute approximate surface area is 130 Å². The number of halogens is 3. The van der Waals surface area contributed by atoms with E-state index in [2.05, 4.69) is 27.0 Å². The zero-order chi connectivity index (χ0) is 17.1. The van der Waals surface area contributed by atoms with Gasteiger partial charge < -0.3 is 0 Å². The van der Waals surface area contributed by atoms with Gasteiger partial charge in [0.05, 0.1) is 11.0 Å². The van der Waals surface area contributed by atoms with E-state index in [4.69, 9.17) is 0 Å². The van der Waals surface area contributed by atoms with Crippen LogP contribution in [0, 0.1) is 11.8 Å². The molecule has 0 aromatic heterocycles. The van der Waals surface area contributed by atoms with E-state index >= 15 is 0 Å². The van der Waals surface area contributed by atoms with Gasteiger partial charge in [0.25, 0.3) is 0 Å². The smallest absolute Gasteiger partial charge is 0.243 e. The second-order valence-corrected chi connectivity index (χ2v) is 6.94. The quantitative estimate of drug-likeness (QED) is 0.681. The molecule has 0 N–H and O–H groups in total. The summed E-state index contributed by atoms with van der Waals surface area (Å²) in [6.45, 7) is 9.59. The molecule has 1 unspecified atom stereocenters. The average molecular weight is 329 g/mol. The van der Waals surface area contributed by atoms with Crippen molar-refractivity contribution in [2.45, 2.75) is 52.1 Å². The molecule has 1 fully saturated rings. The second-order valence-electron chi connectivity index (χ2n) is 5.47. The Morgan fingerprint density at radius 1 is 1.19 bits per heavy atom. The summed E-state index contributed by atoms with van der Waals surface area (Å²) < 4.78 is 45.6. The Kier molecular flexibility index (Phi) is 13.3. The average Bonchev–Trinajstić information content (AvgIpc) is 2.40. The maximum atomic E-state index is 11.5. The Morgan fingerprint density at radius 2 is 1.62 bits per heavy atom. The van der Waals surface area contributed by atoms with Gasteiger partial charge in [-0.2, -0.15) is 13.2 Å². The first-order valence-electron chi connectivity index (χ1n) is 7.25. The van der Waals surface area contributed by atoms with Crippen molar-refractivity contribution in [3.63, 3.8) is 0 Å². The summed E-state index contributed by atoms with van der Waals surface area (Å²) in [4.78, 5) is 0. The zero-order valence-corrected chi connectivity index (χ0v) is 14.5. The summed E-state index contributed by atoms with van der Waals surface area (Å²) in [6.07, 6.45) is 4.40. The highest BCUT2D eigenvalue weighted by Gasteiger charge is 2.30. The molecule has 128 valence electrons. The summed E-state index contributed by atoms with van der Waals surface area (Å²) in [6, 6.07) is 0. The summed E-state index contributed by atoms with van der Waals surface area (Å²) >= 11 is 0. The Morgan fingerprint density at radius 3 is 1.81 bits per heavy atom. The van der Waals surface area contributed by atoms with Gasteiger partial charge in [0, 0.05) is 13.3 Å². The van der Waals surface area contributed by atoms with Crippen LogP contribution in [-0.2, 0) is 11.0 Å². The van der Waals surface area contributed by atoms with Crippen molar-refractivity contribution in [2.24, 2.45) is 11.8 Å². The molecule has 0 radical (unpaired) electrons. The topological polar surface area (TPSA) is 20.3 Å². The van der Waals surface area contributed by atoms with Crippen molar-refractivity contribution < 1.29 is 17.4 Å². The highest BCUT2D eigenvalue weighted by molar-refractivity contribution is 7.81. The van der Waals surface area contributed by atoms with Gasteiger partial charge in [-0.3, -0.25) is 0 Å². The van der Waals surface area contributed by atoms with E-state index in [0.717, 1.165) is 23.2 Å². The van der Waals surface area contributed by atoms with Gasteiger partial charge in [-0.05, 0) is 11.8 Å². The Balaban J connectivity index is 0. The lowest BCUT2D eigenvalue weighted by atomic mass is 9.82. The van der Waals surface area contributed by atoms with E-state index in [-0.39, 0.29) is 0 Å². The first-order valence-corrected chi connectivity index (χ1v) is 8.76. The van der Waals surface area contributed by atoms with Crippen LogP contribution in [0.1, 0.15) is 46.0 Å². The third-order valence-corrected chi connectivity index (χ3v) is 4.44. The minimum Gasteiger partial charge on any atom is -0.243 e. The summed E-state index contributed by atoms with van der Waals surface area (Å²) in [7, 11) is -0.387. The molecule has 0 amide bonds. The molecule has 1 saturated carbocycles. The zero-order valence-electron chi connectivity index (χ0n) is 13.7. The molecule has 0 heterocycles. The lowest BCUT2D eigenvalue weighted by molar-refractivity contribution is -0.133. The van der Waals surface area contributed by atoms with E-state index in [1.54, 1.807) is 0 Å². The Bertz CT molecular complexity index is 277. The van der Waals surface area contributed by atoms with Gasteiger partial charge in [0.15, 0.2) is 0 Å². The molecule has 1 atom stereocenters. The first-order chi connectivity index (χ1) is 9.63. The van der Waals surface area contributed by atoms with Gasteiger partial charge in [-0.25, -0.2) is 8.51 Å². The fourth-order valence-electron chi connectivity index (χ4n) is 2.14. The van der Waals surface area contributed by atoms with Crippen LogP contribution in [0.2, 0.25) is 0 Å². The van der Waals surface area contributed by atoms with E-state index < -0.39 is 23.7 Å². The molecule has 0 bridgehead atoms. The van der Waals surface area contributed by atoms with Crippen molar-refractivity contribution in [1.29, 1.82) is 0 Å². The van der Waals surface area contributed by atoms with Crippen LogP contribution in [0.5, 0.6) is 0 Å². The van der Waals surface area contributed by atoms with Gasteiger partial charge in [0.1, 0.15) is 6.54 Å². The van der Waals surface area contributed by atoms with Crippen molar-refractivity contribution >= 4 is 11.0 Å². The van der Waals surface area contributed by atoms with Crippen LogP contribution < -0.4 is 0 Å². The highest BCUT2D eigenvalue weighted by atomic mass is 32.2. The highest BCUT2D eigenvalue weighted by Crippen LogP contribution is 2.29. The molecule has 1 rings (SSSR count). The molecule has 0 aromatic carbocycles. The van der Waals surface area contributed by atoms with Gasteiger partial charge in [0.2, 0.25) is 0 Å². The lowest BCUT2D eigenvalue weighted by Gasteiger charge is -2.24. The minimum atomic E-state index is -4.26. The SMILES string of the molecule is C=C.CC(C)C1CCCCC1.CN(CC(F)(F)F)S(C)=O. The number of hydrogen-bond donors (Lipinski definition) is 0. The van der Waals surface area contributed by atoms with Crippen molar-refractivity contribution in [3.05, 3.63) is 13.2 Å². The molecular formula is C15H30F3NOS. The van der Waals surface area contributed by atoms with Gasteiger partial charge in [-0.1, -0.05) is 46.0 Å². The lowest BCUT2D eigenvalue weighted by Crippen LogP contribution is -2.31. The van der Waals surface area contributed by atoms with E-state index in [9.17, 15) is 17.4 Å². The number of nitrogens with zero attached hydrogens (tertiary/aromatic N) is 1.